The van der Waals surface area contributed by atoms with E-state index in [0.717, 1.165) is 6.07 Å². The van der Waals surface area contributed by atoms with Crippen LogP contribution in [0.4, 0.5) is 11.4 Å². The van der Waals surface area contributed by atoms with Crippen LogP contribution >= 0.6 is 0 Å². The van der Waals surface area contributed by atoms with Crippen LogP contribution in [0.15, 0.2) is 46.1 Å². The molecule has 0 aliphatic carbocycles. The van der Waals surface area contributed by atoms with E-state index in [2.05, 4.69) is 15.3 Å². The highest BCUT2D eigenvalue weighted by molar-refractivity contribution is 5.86. The molecular weight excluding hydrogens is 316 g/mol. The highest BCUT2D eigenvalue weighted by Gasteiger charge is 2.27. The summed E-state index contributed by atoms with van der Waals surface area (Å²) in [7, 11) is 0. The molecule has 0 saturated carbocycles. The fraction of sp³-hybridized carbons (Fsp3) is 0.200. The van der Waals surface area contributed by atoms with Gasteiger partial charge in [-0.2, -0.15) is 0 Å². The topological polar surface area (TPSA) is 134 Å². The molecule has 3 aromatic rings. The van der Waals surface area contributed by atoms with E-state index in [4.69, 9.17) is 4.42 Å². The van der Waals surface area contributed by atoms with E-state index in [1.165, 1.54) is 25.6 Å². The van der Waals surface area contributed by atoms with Gasteiger partial charge < -0.3 is 19.8 Å². The zero-order valence-electron chi connectivity index (χ0n) is 12.6. The Morgan fingerprint density at radius 1 is 1.50 bits per heavy atom. The number of hydrogen-bond acceptors (Lipinski definition) is 7. The molecule has 0 aliphatic rings. The zero-order chi connectivity index (χ0) is 17.3. The zero-order valence-corrected chi connectivity index (χ0v) is 12.6. The summed E-state index contributed by atoms with van der Waals surface area (Å²) in [6.45, 7) is 1.49. The van der Waals surface area contributed by atoms with Crippen LogP contribution in [0.5, 0.6) is 0 Å². The largest absolute Gasteiger partial charge is 0.466 e. The number of benzene rings is 1. The number of nitro benzene ring substituents is 1. The quantitative estimate of drug-likeness (QED) is 0.479. The van der Waals surface area contributed by atoms with Gasteiger partial charge in [0.05, 0.1) is 35.0 Å². The molecule has 1 aromatic carbocycles. The third-order valence-electron chi connectivity index (χ3n) is 3.63. The summed E-state index contributed by atoms with van der Waals surface area (Å²) in [5.74, 6) is 0.327. The van der Waals surface area contributed by atoms with Crippen molar-refractivity contribution in [3.8, 4) is 0 Å². The summed E-state index contributed by atoms with van der Waals surface area (Å²) in [5.41, 5.74) is -1.65. The minimum atomic E-state index is -1.37. The molecule has 9 nitrogen and oxygen atoms in total. The second-order valence-corrected chi connectivity index (χ2v) is 5.48. The summed E-state index contributed by atoms with van der Waals surface area (Å²) >= 11 is 0. The van der Waals surface area contributed by atoms with Gasteiger partial charge in [0.15, 0.2) is 0 Å². The number of aromatic nitrogens is 2. The van der Waals surface area contributed by atoms with Crippen LogP contribution < -0.4 is 10.9 Å². The first-order chi connectivity index (χ1) is 11.4. The predicted octanol–water partition coefficient (Wildman–Crippen LogP) is 1.74. The molecule has 1 atom stereocenters. The summed E-state index contributed by atoms with van der Waals surface area (Å²) in [6.07, 6.45) is 2.65. The van der Waals surface area contributed by atoms with Gasteiger partial charge in [-0.15, -0.1) is 0 Å². The van der Waals surface area contributed by atoms with Gasteiger partial charge in [-0.1, -0.05) is 0 Å². The van der Waals surface area contributed by atoms with Crippen LogP contribution in [-0.4, -0.2) is 26.5 Å². The lowest BCUT2D eigenvalue weighted by Gasteiger charge is -2.21. The normalized spacial score (nSPS) is 13.6. The number of rotatable bonds is 5. The third-order valence-corrected chi connectivity index (χ3v) is 3.63. The van der Waals surface area contributed by atoms with Crippen LogP contribution in [-0.2, 0) is 5.60 Å². The van der Waals surface area contributed by atoms with Crippen LogP contribution in [0.1, 0.15) is 12.7 Å². The number of aromatic amines is 1. The summed E-state index contributed by atoms with van der Waals surface area (Å²) < 4.78 is 5.17. The number of fused-ring (bicyclic) bond motifs is 1. The first-order valence-electron chi connectivity index (χ1n) is 7.04. The molecule has 3 rings (SSSR count). The SMILES string of the molecule is CC(O)(CNc1cc2nc[nH]c(=O)c2cc1[N+](=O)[O-])c1ccco1. The number of anilines is 1. The number of aliphatic hydroxyl groups is 1. The highest BCUT2D eigenvalue weighted by Crippen LogP contribution is 2.29. The molecule has 0 radical (unpaired) electrons. The van der Waals surface area contributed by atoms with Gasteiger partial charge in [-0.25, -0.2) is 4.98 Å². The first-order valence-corrected chi connectivity index (χ1v) is 7.04. The third kappa shape index (κ3) is 2.84. The number of H-pyrrole nitrogens is 1. The molecular formula is C15H14N4O5. The van der Waals surface area contributed by atoms with E-state index < -0.39 is 16.1 Å². The lowest BCUT2D eigenvalue weighted by molar-refractivity contribution is -0.383. The van der Waals surface area contributed by atoms with Crippen LogP contribution in [0.3, 0.4) is 0 Å². The lowest BCUT2D eigenvalue weighted by Crippen LogP contribution is -2.30. The molecule has 2 aromatic heterocycles. The average Bonchev–Trinajstić information content (AvgIpc) is 3.08. The average molecular weight is 330 g/mol. The van der Waals surface area contributed by atoms with Crippen LogP contribution in [0.2, 0.25) is 0 Å². The maximum atomic E-state index is 11.7. The van der Waals surface area contributed by atoms with E-state index in [1.54, 1.807) is 12.1 Å². The molecule has 0 spiro atoms. The lowest BCUT2D eigenvalue weighted by atomic mass is 10.0. The summed E-state index contributed by atoms with van der Waals surface area (Å²) in [6, 6.07) is 5.81. The molecule has 0 aliphatic heterocycles. The Labute approximate surface area is 135 Å². The van der Waals surface area contributed by atoms with Crippen molar-refractivity contribution in [2.45, 2.75) is 12.5 Å². The molecule has 3 N–H and O–H groups in total. The van der Waals surface area contributed by atoms with Crippen molar-refractivity contribution >= 4 is 22.3 Å². The molecule has 0 fully saturated rings. The Balaban J connectivity index is 1.98. The van der Waals surface area contributed by atoms with Crippen molar-refractivity contribution in [1.29, 1.82) is 0 Å². The Hall–Kier alpha value is -3.20. The minimum absolute atomic E-state index is 0.0317. The van der Waals surface area contributed by atoms with E-state index in [1.807, 2.05) is 0 Å². The van der Waals surface area contributed by atoms with Crippen molar-refractivity contribution in [3.05, 3.63) is 63.1 Å². The number of nitro groups is 1. The van der Waals surface area contributed by atoms with Crippen molar-refractivity contribution in [3.63, 3.8) is 0 Å². The second kappa shape index (κ2) is 5.78. The van der Waals surface area contributed by atoms with Gasteiger partial charge in [0, 0.05) is 6.07 Å². The Kier molecular flexibility index (Phi) is 3.78. The summed E-state index contributed by atoms with van der Waals surface area (Å²) in [5, 5.41) is 24.7. The van der Waals surface area contributed by atoms with Gasteiger partial charge in [0.2, 0.25) is 0 Å². The summed E-state index contributed by atoms with van der Waals surface area (Å²) in [4.78, 5) is 28.8. The molecule has 0 saturated heterocycles. The molecule has 9 heteroatoms. The van der Waals surface area contributed by atoms with Gasteiger partial charge in [-0.3, -0.25) is 14.9 Å². The van der Waals surface area contributed by atoms with Gasteiger partial charge in [-0.05, 0) is 25.1 Å². The number of nitrogens with zero attached hydrogens (tertiary/aromatic N) is 2. The molecule has 2 heterocycles. The molecule has 0 bridgehead atoms. The van der Waals surface area contributed by atoms with Crippen LogP contribution in [0, 0.1) is 10.1 Å². The van der Waals surface area contributed by atoms with Gasteiger partial charge in [0.1, 0.15) is 17.0 Å². The monoisotopic (exact) mass is 330 g/mol. The Bertz CT molecular complexity index is 946. The van der Waals surface area contributed by atoms with Crippen molar-refractivity contribution in [1.82, 2.24) is 9.97 Å². The standard InChI is InChI=1S/C15H14N4O5/c1-15(21,13-3-2-4-24-13)7-16-11-6-10-9(5-12(11)19(22)23)14(20)18-8-17-10/h2-6,8,16,21H,7H2,1H3,(H,17,18,20). The molecule has 124 valence electrons. The van der Waals surface area contributed by atoms with Crippen molar-refractivity contribution < 1.29 is 14.4 Å². The second-order valence-electron chi connectivity index (χ2n) is 5.48. The minimum Gasteiger partial charge on any atom is -0.466 e. The fourth-order valence-electron chi connectivity index (χ4n) is 2.34. The number of hydrogen-bond donors (Lipinski definition) is 3. The maximum Gasteiger partial charge on any atom is 0.293 e. The maximum absolute atomic E-state index is 11.7. The van der Waals surface area contributed by atoms with E-state index in [9.17, 15) is 20.0 Å². The molecule has 24 heavy (non-hydrogen) atoms. The van der Waals surface area contributed by atoms with Gasteiger partial charge >= 0.3 is 0 Å². The van der Waals surface area contributed by atoms with Gasteiger partial charge in [0.25, 0.3) is 11.2 Å². The smallest absolute Gasteiger partial charge is 0.293 e. The van der Waals surface area contributed by atoms with Crippen molar-refractivity contribution in [2.24, 2.45) is 0 Å². The number of nitrogens with one attached hydrogen (secondary N) is 2. The van der Waals surface area contributed by atoms with Crippen molar-refractivity contribution in [2.75, 3.05) is 11.9 Å². The molecule has 1 unspecified atom stereocenters. The number of furan rings is 1. The Morgan fingerprint density at radius 2 is 2.29 bits per heavy atom. The highest BCUT2D eigenvalue weighted by atomic mass is 16.6. The predicted molar refractivity (Wildman–Crippen MR) is 85.8 cm³/mol. The Morgan fingerprint density at radius 3 is 2.96 bits per heavy atom. The molecule has 0 amide bonds. The van der Waals surface area contributed by atoms with E-state index in [0.29, 0.717) is 11.3 Å². The fourth-order valence-corrected chi connectivity index (χ4v) is 2.34. The van der Waals surface area contributed by atoms with Crippen LogP contribution in [0.25, 0.3) is 10.9 Å². The first kappa shape index (κ1) is 15.7. The van der Waals surface area contributed by atoms with E-state index >= 15 is 0 Å². The van der Waals surface area contributed by atoms with E-state index in [-0.39, 0.29) is 23.3 Å².